The molecule has 1 unspecified atom stereocenters. The molecule has 2 aromatic carbocycles. The van der Waals surface area contributed by atoms with Gasteiger partial charge in [-0.2, -0.15) is 0 Å². The van der Waals surface area contributed by atoms with Gasteiger partial charge in [-0.05, 0) is 65.3 Å². The summed E-state index contributed by atoms with van der Waals surface area (Å²) in [6.45, 7) is 2.08. The third kappa shape index (κ3) is 3.71. The fourth-order valence-electron chi connectivity index (χ4n) is 2.25. The number of methoxy groups -OCH3 is 1. The highest BCUT2D eigenvalue weighted by molar-refractivity contribution is 14.1. The Morgan fingerprint density at radius 2 is 1.90 bits per heavy atom. The number of ether oxygens (including phenoxy) is 1. The Hall–Kier alpha value is -1.11. The van der Waals surface area contributed by atoms with E-state index in [2.05, 4.69) is 71.3 Å². The first-order chi connectivity index (χ1) is 9.63. The summed E-state index contributed by atoms with van der Waals surface area (Å²) in [5.41, 5.74) is 6.46. The summed E-state index contributed by atoms with van der Waals surface area (Å²) < 4.78 is 6.65. The average Bonchev–Trinajstić information content (AvgIpc) is 2.46. The highest BCUT2D eigenvalue weighted by atomic mass is 127. The molecule has 0 amide bonds. The molecule has 0 aromatic heterocycles. The number of rotatable bonds is 5. The number of hydrogen-bond acceptors (Lipinski definition) is 3. The lowest BCUT2D eigenvalue weighted by Crippen LogP contribution is -2.29. The molecule has 0 heterocycles. The molecule has 0 radical (unpaired) electrons. The van der Waals surface area contributed by atoms with Crippen molar-refractivity contribution in [3.8, 4) is 5.75 Å². The van der Waals surface area contributed by atoms with Crippen LogP contribution in [0.5, 0.6) is 5.75 Å². The topological polar surface area (TPSA) is 47.3 Å². The average molecular weight is 382 g/mol. The smallest absolute Gasteiger partial charge is 0.122 e. The van der Waals surface area contributed by atoms with Crippen LogP contribution in [0.3, 0.4) is 0 Å². The quantitative estimate of drug-likeness (QED) is 0.474. The first-order valence-electron chi connectivity index (χ1n) is 6.49. The normalized spacial score (nSPS) is 12.2. The van der Waals surface area contributed by atoms with Crippen LogP contribution in [0, 0.1) is 10.5 Å². The molecule has 3 nitrogen and oxygen atoms in total. The maximum Gasteiger partial charge on any atom is 0.122 e. The molecule has 0 spiro atoms. The van der Waals surface area contributed by atoms with Crippen molar-refractivity contribution in [2.24, 2.45) is 5.84 Å². The Morgan fingerprint density at radius 3 is 2.50 bits per heavy atom. The maximum absolute atomic E-state index is 5.73. The Bertz CT molecular complexity index is 569. The van der Waals surface area contributed by atoms with Crippen LogP contribution >= 0.6 is 22.6 Å². The summed E-state index contributed by atoms with van der Waals surface area (Å²) in [6.07, 6.45) is 0.794. The zero-order valence-electron chi connectivity index (χ0n) is 11.7. The van der Waals surface area contributed by atoms with Crippen LogP contribution in [0.1, 0.15) is 22.7 Å². The van der Waals surface area contributed by atoms with Crippen LogP contribution in [0.15, 0.2) is 42.5 Å². The van der Waals surface area contributed by atoms with Gasteiger partial charge in [0.2, 0.25) is 0 Å². The van der Waals surface area contributed by atoms with Crippen molar-refractivity contribution in [2.75, 3.05) is 7.11 Å². The SMILES string of the molecule is COc1ccc(C)cc1CC(NN)c1ccc(I)cc1. The number of hydrazine groups is 1. The van der Waals surface area contributed by atoms with Crippen molar-refractivity contribution < 1.29 is 4.74 Å². The van der Waals surface area contributed by atoms with E-state index >= 15 is 0 Å². The number of halogens is 1. The summed E-state index contributed by atoms with van der Waals surface area (Å²) in [7, 11) is 1.70. The van der Waals surface area contributed by atoms with E-state index in [1.165, 1.54) is 14.7 Å². The molecule has 20 heavy (non-hydrogen) atoms. The zero-order chi connectivity index (χ0) is 14.5. The first kappa shape index (κ1) is 15.3. The van der Waals surface area contributed by atoms with E-state index in [-0.39, 0.29) is 6.04 Å². The van der Waals surface area contributed by atoms with Gasteiger partial charge >= 0.3 is 0 Å². The minimum atomic E-state index is 0.0719. The lowest BCUT2D eigenvalue weighted by Gasteiger charge is -2.18. The van der Waals surface area contributed by atoms with E-state index in [0.717, 1.165) is 17.7 Å². The number of nitrogens with two attached hydrogens (primary N) is 1. The maximum atomic E-state index is 5.73. The molecular weight excluding hydrogens is 363 g/mol. The van der Waals surface area contributed by atoms with Crippen LogP contribution in [-0.4, -0.2) is 7.11 Å². The van der Waals surface area contributed by atoms with E-state index in [4.69, 9.17) is 10.6 Å². The predicted octanol–water partition coefficient (Wildman–Crippen LogP) is 3.36. The predicted molar refractivity (Wildman–Crippen MR) is 90.7 cm³/mol. The van der Waals surface area contributed by atoms with Crippen molar-refractivity contribution in [1.82, 2.24) is 5.43 Å². The van der Waals surface area contributed by atoms with Crippen LogP contribution in [0.25, 0.3) is 0 Å². The van der Waals surface area contributed by atoms with Gasteiger partial charge in [-0.15, -0.1) is 0 Å². The minimum absolute atomic E-state index is 0.0719. The number of hydrogen-bond donors (Lipinski definition) is 2. The molecule has 0 aliphatic heterocycles. The molecule has 0 saturated heterocycles. The van der Waals surface area contributed by atoms with Crippen LogP contribution in [-0.2, 0) is 6.42 Å². The Morgan fingerprint density at radius 1 is 1.20 bits per heavy atom. The van der Waals surface area contributed by atoms with Gasteiger partial charge in [0.15, 0.2) is 0 Å². The highest BCUT2D eigenvalue weighted by Crippen LogP contribution is 2.26. The Balaban J connectivity index is 2.26. The molecular formula is C16H19IN2O. The lowest BCUT2D eigenvalue weighted by molar-refractivity contribution is 0.405. The van der Waals surface area contributed by atoms with Gasteiger partial charge in [0.25, 0.3) is 0 Å². The fourth-order valence-corrected chi connectivity index (χ4v) is 2.61. The van der Waals surface area contributed by atoms with E-state index in [1.807, 2.05) is 6.07 Å². The first-order valence-corrected chi connectivity index (χ1v) is 7.57. The number of aryl methyl sites for hydroxylation is 1. The van der Waals surface area contributed by atoms with Crippen molar-refractivity contribution in [3.63, 3.8) is 0 Å². The second-order valence-electron chi connectivity index (χ2n) is 4.79. The van der Waals surface area contributed by atoms with Gasteiger partial charge < -0.3 is 4.74 Å². The van der Waals surface area contributed by atoms with Crippen molar-refractivity contribution in [2.45, 2.75) is 19.4 Å². The van der Waals surface area contributed by atoms with Crippen LogP contribution < -0.4 is 16.0 Å². The second kappa shape index (κ2) is 7.06. The van der Waals surface area contributed by atoms with Gasteiger partial charge in [0, 0.05) is 3.57 Å². The monoisotopic (exact) mass is 382 g/mol. The zero-order valence-corrected chi connectivity index (χ0v) is 13.8. The molecule has 3 N–H and O–H groups in total. The second-order valence-corrected chi connectivity index (χ2v) is 6.04. The molecule has 0 fully saturated rings. The standard InChI is InChI=1S/C16H19IN2O/c1-11-3-8-16(20-2)13(9-11)10-15(19-18)12-4-6-14(17)7-5-12/h3-9,15,19H,10,18H2,1-2H3. The Labute approximate surface area is 133 Å². The van der Waals surface area contributed by atoms with Gasteiger partial charge in [0.05, 0.1) is 13.2 Å². The van der Waals surface area contributed by atoms with Gasteiger partial charge in [0.1, 0.15) is 5.75 Å². The summed E-state index contributed by atoms with van der Waals surface area (Å²) in [6, 6.07) is 14.7. The van der Waals surface area contributed by atoms with E-state index in [9.17, 15) is 0 Å². The van der Waals surface area contributed by atoms with Crippen molar-refractivity contribution >= 4 is 22.6 Å². The fraction of sp³-hybridized carbons (Fsp3) is 0.250. The summed E-state index contributed by atoms with van der Waals surface area (Å²) in [5, 5.41) is 0. The molecule has 4 heteroatoms. The Kier molecular flexibility index (Phi) is 5.39. The summed E-state index contributed by atoms with van der Waals surface area (Å²) in [4.78, 5) is 0. The van der Waals surface area contributed by atoms with Crippen LogP contribution in [0.2, 0.25) is 0 Å². The summed E-state index contributed by atoms with van der Waals surface area (Å²) >= 11 is 2.30. The lowest BCUT2D eigenvalue weighted by atomic mass is 9.97. The number of nitrogens with one attached hydrogen (secondary N) is 1. The minimum Gasteiger partial charge on any atom is -0.496 e. The van der Waals surface area contributed by atoms with Crippen molar-refractivity contribution in [3.05, 3.63) is 62.7 Å². The van der Waals surface area contributed by atoms with Gasteiger partial charge in [-0.3, -0.25) is 11.3 Å². The van der Waals surface area contributed by atoms with Gasteiger partial charge in [-0.1, -0.05) is 29.8 Å². The van der Waals surface area contributed by atoms with Crippen molar-refractivity contribution in [1.29, 1.82) is 0 Å². The molecule has 2 rings (SSSR count). The molecule has 1 atom stereocenters. The molecule has 0 aliphatic rings. The third-order valence-electron chi connectivity index (χ3n) is 3.33. The van der Waals surface area contributed by atoms with Crippen LogP contribution in [0.4, 0.5) is 0 Å². The molecule has 0 aliphatic carbocycles. The van der Waals surface area contributed by atoms with E-state index < -0.39 is 0 Å². The highest BCUT2D eigenvalue weighted by Gasteiger charge is 2.13. The van der Waals surface area contributed by atoms with E-state index in [0.29, 0.717) is 0 Å². The third-order valence-corrected chi connectivity index (χ3v) is 4.05. The molecule has 0 saturated carbocycles. The summed E-state index contributed by atoms with van der Waals surface area (Å²) in [5.74, 6) is 6.63. The van der Waals surface area contributed by atoms with E-state index in [1.54, 1.807) is 7.11 Å². The number of benzene rings is 2. The molecule has 2 aromatic rings. The molecule has 0 bridgehead atoms. The molecule has 106 valence electrons. The van der Waals surface area contributed by atoms with Gasteiger partial charge in [-0.25, -0.2) is 0 Å². The largest absolute Gasteiger partial charge is 0.496 e.